The molecule has 0 aliphatic heterocycles. The number of nitrogens with zero attached hydrogens (tertiary/aromatic N) is 1. The Hall–Kier alpha value is -2.20. The van der Waals surface area contributed by atoms with Crippen LogP contribution in [0.5, 0.6) is 0 Å². The third kappa shape index (κ3) is 3.02. The fourth-order valence-electron chi connectivity index (χ4n) is 2.33. The van der Waals surface area contributed by atoms with Gasteiger partial charge in [-0.25, -0.2) is 0 Å². The van der Waals surface area contributed by atoms with Gasteiger partial charge in [-0.15, -0.1) is 0 Å². The minimum Gasteiger partial charge on any atom is -0.321 e. The lowest BCUT2D eigenvalue weighted by Gasteiger charge is -2.10. The van der Waals surface area contributed by atoms with Gasteiger partial charge in [0.1, 0.15) is 0 Å². The quantitative estimate of drug-likeness (QED) is 0.713. The molecular formula is C18H15BrN2O. The van der Waals surface area contributed by atoms with Gasteiger partial charge in [0, 0.05) is 21.1 Å². The predicted molar refractivity (Wildman–Crippen MR) is 93.3 cm³/mol. The molecule has 1 heterocycles. The van der Waals surface area contributed by atoms with Crippen LogP contribution < -0.4 is 5.32 Å². The Morgan fingerprint density at radius 2 is 1.77 bits per heavy atom. The second-order valence-electron chi connectivity index (χ2n) is 5.29. The number of hydrogen-bond donors (Lipinski definition) is 1. The molecule has 0 saturated carbocycles. The minimum atomic E-state index is -0.119. The molecule has 0 saturated heterocycles. The number of hydrogen-bond acceptors (Lipinski definition) is 2. The molecule has 0 aliphatic rings. The fourth-order valence-corrected chi connectivity index (χ4v) is 2.69. The molecule has 3 nitrogen and oxygen atoms in total. The van der Waals surface area contributed by atoms with Crippen molar-refractivity contribution in [3.63, 3.8) is 0 Å². The largest absolute Gasteiger partial charge is 0.321 e. The number of nitrogens with one attached hydrogen (secondary N) is 1. The van der Waals surface area contributed by atoms with E-state index in [1.807, 2.05) is 62.4 Å². The van der Waals surface area contributed by atoms with Gasteiger partial charge in [-0.3, -0.25) is 9.78 Å². The molecule has 0 aliphatic carbocycles. The molecule has 2 aromatic carbocycles. The highest BCUT2D eigenvalue weighted by Gasteiger charge is 2.10. The number of aromatic nitrogens is 1. The van der Waals surface area contributed by atoms with Crippen LogP contribution in [-0.2, 0) is 0 Å². The number of halogens is 1. The van der Waals surface area contributed by atoms with Gasteiger partial charge in [-0.2, -0.15) is 0 Å². The average Bonchev–Trinajstić information content (AvgIpc) is 2.48. The van der Waals surface area contributed by atoms with E-state index in [1.165, 1.54) is 0 Å². The Kier molecular flexibility index (Phi) is 3.94. The van der Waals surface area contributed by atoms with E-state index in [1.54, 1.807) is 0 Å². The van der Waals surface area contributed by atoms with Crippen molar-refractivity contribution in [1.82, 2.24) is 4.98 Å². The van der Waals surface area contributed by atoms with Gasteiger partial charge in [-0.05, 0) is 50.2 Å². The third-order valence-corrected chi connectivity index (χ3v) is 3.95. The van der Waals surface area contributed by atoms with Gasteiger partial charge in [0.15, 0.2) is 0 Å². The molecule has 0 bridgehead atoms. The highest BCUT2D eigenvalue weighted by Crippen LogP contribution is 2.26. The number of aryl methyl sites for hydroxylation is 2. The van der Waals surface area contributed by atoms with Crippen molar-refractivity contribution < 1.29 is 4.79 Å². The minimum absolute atomic E-state index is 0.119. The van der Waals surface area contributed by atoms with Crippen molar-refractivity contribution in [1.29, 1.82) is 0 Å². The summed E-state index contributed by atoms with van der Waals surface area (Å²) in [5.74, 6) is -0.119. The first kappa shape index (κ1) is 14.7. The summed E-state index contributed by atoms with van der Waals surface area (Å²) in [7, 11) is 0. The number of carbonyl (C=O) groups is 1. The normalized spacial score (nSPS) is 10.7. The summed E-state index contributed by atoms with van der Waals surface area (Å²) in [5, 5.41) is 3.91. The van der Waals surface area contributed by atoms with Crippen LogP contribution in [0, 0.1) is 13.8 Å². The Balaban J connectivity index is 2.01. The van der Waals surface area contributed by atoms with Gasteiger partial charge in [0.2, 0.25) is 0 Å². The lowest BCUT2D eigenvalue weighted by molar-refractivity contribution is 0.102. The number of carbonyl (C=O) groups excluding carboxylic acids is 1. The second-order valence-corrected chi connectivity index (χ2v) is 6.21. The summed E-state index contributed by atoms with van der Waals surface area (Å²) in [6.07, 6.45) is 0. The smallest absolute Gasteiger partial charge is 0.255 e. The Bertz CT molecular complexity index is 857. The SMILES string of the molecule is Cc1ccc(C(=O)Nc2cc(C)nc3ccc(Br)cc23)cc1. The molecule has 1 amide bonds. The van der Waals surface area contributed by atoms with Gasteiger partial charge in [-0.1, -0.05) is 33.6 Å². The maximum atomic E-state index is 12.4. The Morgan fingerprint density at radius 1 is 1.05 bits per heavy atom. The van der Waals surface area contributed by atoms with E-state index in [4.69, 9.17) is 0 Å². The Labute approximate surface area is 137 Å². The van der Waals surface area contributed by atoms with Crippen LogP contribution in [0.15, 0.2) is 53.0 Å². The Morgan fingerprint density at radius 3 is 2.50 bits per heavy atom. The molecule has 3 rings (SSSR count). The molecule has 0 atom stereocenters. The van der Waals surface area contributed by atoms with Crippen LogP contribution >= 0.6 is 15.9 Å². The number of anilines is 1. The van der Waals surface area contributed by atoms with Gasteiger partial charge >= 0.3 is 0 Å². The molecule has 0 unspecified atom stereocenters. The standard InChI is InChI=1S/C18H15BrN2O/c1-11-3-5-13(6-4-11)18(22)21-17-9-12(2)20-16-8-7-14(19)10-15(16)17/h3-10H,1-2H3,(H,20,21,22). The number of fused-ring (bicyclic) bond motifs is 1. The number of rotatable bonds is 2. The summed E-state index contributed by atoms with van der Waals surface area (Å²) < 4.78 is 0.955. The highest BCUT2D eigenvalue weighted by molar-refractivity contribution is 9.10. The van der Waals surface area contributed by atoms with Crippen LogP contribution in [0.3, 0.4) is 0 Å². The maximum absolute atomic E-state index is 12.4. The molecule has 4 heteroatoms. The summed E-state index contributed by atoms with van der Waals surface area (Å²) in [6, 6.07) is 15.3. The summed E-state index contributed by atoms with van der Waals surface area (Å²) in [6.45, 7) is 3.92. The summed E-state index contributed by atoms with van der Waals surface area (Å²) in [4.78, 5) is 16.9. The van der Waals surface area contributed by atoms with Crippen LogP contribution in [0.2, 0.25) is 0 Å². The monoisotopic (exact) mass is 354 g/mol. The molecule has 110 valence electrons. The number of amides is 1. The van der Waals surface area contributed by atoms with E-state index in [0.717, 1.165) is 32.3 Å². The van der Waals surface area contributed by atoms with E-state index in [-0.39, 0.29) is 5.91 Å². The second kappa shape index (κ2) is 5.89. The van der Waals surface area contributed by atoms with Crippen molar-refractivity contribution in [3.8, 4) is 0 Å². The number of benzene rings is 2. The lowest BCUT2D eigenvalue weighted by Crippen LogP contribution is -2.12. The van der Waals surface area contributed by atoms with Gasteiger partial charge < -0.3 is 5.32 Å². The molecular weight excluding hydrogens is 340 g/mol. The van der Waals surface area contributed by atoms with Crippen LogP contribution in [0.1, 0.15) is 21.6 Å². The first-order valence-corrected chi connectivity index (χ1v) is 7.77. The molecule has 3 aromatic rings. The van der Waals surface area contributed by atoms with E-state index < -0.39 is 0 Å². The van der Waals surface area contributed by atoms with E-state index in [2.05, 4.69) is 26.2 Å². The van der Waals surface area contributed by atoms with Gasteiger partial charge in [0.25, 0.3) is 5.91 Å². The molecule has 1 aromatic heterocycles. The van der Waals surface area contributed by atoms with E-state index in [0.29, 0.717) is 5.56 Å². The predicted octanol–water partition coefficient (Wildman–Crippen LogP) is 4.87. The molecule has 0 spiro atoms. The zero-order valence-corrected chi connectivity index (χ0v) is 13.9. The zero-order chi connectivity index (χ0) is 15.7. The maximum Gasteiger partial charge on any atom is 0.255 e. The first-order chi connectivity index (χ1) is 10.5. The topological polar surface area (TPSA) is 42.0 Å². The van der Waals surface area contributed by atoms with E-state index >= 15 is 0 Å². The molecule has 0 fully saturated rings. The molecule has 0 radical (unpaired) electrons. The van der Waals surface area contributed by atoms with Crippen molar-refractivity contribution in [2.24, 2.45) is 0 Å². The fraction of sp³-hybridized carbons (Fsp3) is 0.111. The number of pyridine rings is 1. The van der Waals surface area contributed by atoms with Crippen molar-refractivity contribution in [3.05, 3.63) is 69.8 Å². The molecule has 1 N–H and O–H groups in total. The van der Waals surface area contributed by atoms with Crippen LogP contribution in [0.4, 0.5) is 5.69 Å². The average molecular weight is 355 g/mol. The molecule has 22 heavy (non-hydrogen) atoms. The van der Waals surface area contributed by atoms with Crippen LogP contribution in [0.25, 0.3) is 10.9 Å². The zero-order valence-electron chi connectivity index (χ0n) is 12.4. The van der Waals surface area contributed by atoms with Crippen molar-refractivity contribution in [2.75, 3.05) is 5.32 Å². The summed E-state index contributed by atoms with van der Waals surface area (Å²) in [5.41, 5.74) is 4.28. The van der Waals surface area contributed by atoms with Crippen LogP contribution in [-0.4, -0.2) is 10.9 Å². The van der Waals surface area contributed by atoms with E-state index in [9.17, 15) is 4.79 Å². The highest BCUT2D eigenvalue weighted by atomic mass is 79.9. The lowest BCUT2D eigenvalue weighted by atomic mass is 10.1. The first-order valence-electron chi connectivity index (χ1n) is 6.98. The van der Waals surface area contributed by atoms with Gasteiger partial charge in [0.05, 0.1) is 11.2 Å². The van der Waals surface area contributed by atoms with Crippen molar-refractivity contribution in [2.45, 2.75) is 13.8 Å². The van der Waals surface area contributed by atoms with Crippen molar-refractivity contribution >= 4 is 38.4 Å². The third-order valence-electron chi connectivity index (χ3n) is 3.46. The summed E-state index contributed by atoms with van der Waals surface area (Å²) >= 11 is 3.46.